The molecule has 0 saturated heterocycles. The molecule has 0 atom stereocenters. The molecule has 102 valence electrons. The lowest BCUT2D eigenvalue weighted by molar-refractivity contribution is -0.131. The van der Waals surface area contributed by atoms with Crippen LogP contribution in [0.5, 0.6) is 0 Å². The summed E-state index contributed by atoms with van der Waals surface area (Å²) in [4.78, 5) is 16.1. The van der Waals surface area contributed by atoms with E-state index in [9.17, 15) is 4.79 Å². The molecule has 0 aliphatic heterocycles. The summed E-state index contributed by atoms with van der Waals surface area (Å²) in [6.07, 6.45) is 0. The van der Waals surface area contributed by atoms with Crippen LogP contribution < -0.4 is 5.32 Å². The van der Waals surface area contributed by atoms with Crippen LogP contribution in [-0.4, -0.2) is 62.0 Å². The predicted molar refractivity (Wildman–Crippen MR) is 73.1 cm³/mol. The van der Waals surface area contributed by atoms with Crippen molar-refractivity contribution in [2.24, 2.45) is 5.92 Å². The largest absolute Gasteiger partial charge is 0.340 e. The molecule has 0 fully saturated rings. The summed E-state index contributed by atoms with van der Waals surface area (Å²) in [5.74, 6) is 0.717. The highest BCUT2D eigenvalue weighted by Crippen LogP contribution is 1.99. The second-order valence-corrected chi connectivity index (χ2v) is 5.57. The first-order chi connectivity index (χ1) is 7.82. The van der Waals surface area contributed by atoms with Gasteiger partial charge in [-0.2, -0.15) is 0 Å². The molecule has 1 amide bonds. The van der Waals surface area contributed by atoms with Gasteiger partial charge in [0.1, 0.15) is 0 Å². The Morgan fingerprint density at radius 1 is 1.12 bits per heavy atom. The molecule has 0 rings (SSSR count). The molecule has 4 heteroatoms. The number of carbonyl (C=O) groups is 1. The van der Waals surface area contributed by atoms with E-state index in [1.807, 2.05) is 19.0 Å². The Morgan fingerprint density at radius 3 is 2.12 bits per heavy atom. The maximum absolute atomic E-state index is 12.0. The fourth-order valence-electron chi connectivity index (χ4n) is 1.48. The van der Waals surface area contributed by atoms with E-state index >= 15 is 0 Å². The van der Waals surface area contributed by atoms with Crippen LogP contribution in [-0.2, 0) is 4.79 Å². The molecule has 0 radical (unpaired) electrons. The Balaban J connectivity index is 4.19. The summed E-state index contributed by atoms with van der Waals surface area (Å²) in [6, 6.07) is 0.355. The summed E-state index contributed by atoms with van der Waals surface area (Å²) >= 11 is 0. The van der Waals surface area contributed by atoms with E-state index in [0.29, 0.717) is 18.5 Å². The van der Waals surface area contributed by atoms with E-state index in [1.165, 1.54) is 0 Å². The zero-order valence-corrected chi connectivity index (χ0v) is 12.3. The van der Waals surface area contributed by atoms with Crippen molar-refractivity contribution in [2.75, 3.05) is 40.3 Å². The van der Waals surface area contributed by atoms with E-state index in [-0.39, 0.29) is 5.91 Å². The Bertz CT molecular complexity index is 215. The molecule has 0 unspecified atom stereocenters. The maximum atomic E-state index is 12.0. The van der Waals surface area contributed by atoms with Gasteiger partial charge in [-0.05, 0) is 20.0 Å². The Kier molecular flexibility index (Phi) is 8.17. The van der Waals surface area contributed by atoms with Gasteiger partial charge in [0, 0.05) is 25.7 Å². The first-order valence-corrected chi connectivity index (χ1v) is 6.48. The lowest BCUT2D eigenvalue weighted by Gasteiger charge is -2.26. The van der Waals surface area contributed by atoms with Crippen LogP contribution in [0.25, 0.3) is 0 Å². The number of nitrogens with one attached hydrogen (secondary N) is 1. The van der Waals surface area contributed by atoms with Gasteiger partial charge < -0.3 is 15.1 Å². The van der Waals surface area contributed by atoms with E-state index in [2.05, 4.69) is 37.9 Å². The van der Waals surface area contributed by atoms with E-state index in [4.69, 9.17) is 0 Å². The third-order valence-corrected chi connectivity index (χ3v) is 2.42. The maximum Gasteiger partial charge on any atom is 0.236 e. The first-order valence-electron chi connectivity index (χ1n) is 6.48. The molecule has 0 aromatic carbocycles. The van der Waals surface area contributed by atoms with Gasteiger partial charge in [0.2, 0.25) is 5.91 Å². The minimum atomic E-state index is 0.203. The smallest absolute Gasteiger partial charge is 0.236 e. The highest BCUT2D eigenvalue weighted by atomic mass is 16.2. The Hall–Kier alpha value is -0.610. The van der Waals surface area contributed by atoms with Crippen LogP contribution in [0.15, 0.2) is 0 Å². The zero-order chi connectivity index (χ0) is 13.4. The number of hydrogen-bond acceptors (Lipinski definition) is 3. The van der Waals surface area contributed by atoms with Gasteiger partial charge in [0.15, 0.2) is 0 Å². The zero-order valence-electron chi connectivity index (χ0n) is 12.3. The van der Waals surface area contributed by atoms with E-state index < -0.39 is 0 Å². The van der Waals surface area contributed by atoms with Gasteiger partial charge >= 0.3 is 0 Å². The van der Waals surface area contributed by atoms with Crippen LogP contribution in [0.4, 0.5) is 0 Å². The van der Waals surface area contributed by atoms with Crippen molar-refractivity contribution >= 4 is 5.91 Å². The molecule has 0 spiro atoms. The first kappa shape index (κ1) is 16.4. The Labute approximate surface area is 106 Å². The normalized spacial score (nSPS) is 11.6. The molecular weight excluding hydrogens is 214 g/mol. The lowest BCUT2D eigenvalue weighted by atomic mass is 10.2. The molecule has 0 heterocycles. The van der Waals surface area contributed by atoms with Crippen molar-refractivity contribution in [1.29, 1.82) is 0 Å². The quantitative estimate of drug-likeness (QED) is 0.692. The average molecular weight is 243 g/mol. The van der Waals surface area contributed by atoms with Crippen LogP contribution in [0.3, 0.4) is 0 Å². The van der Waals surface area contributed by atoms with Crippen molar-refractivity contribution < 1.29 is 4.79 Å². The van der Waals surface area contributed by atoms with E-state index in [1.54, 1.807) is 0 Å². The summed E-state index contributed by atoms with van der Waals surface area (Å²) in [5.41, 5.74) is 0. The molecule has 0 bridgehead atoms. The number of hydrogen-bond donors (Lipinski definition) is 1. The molecule has 0 saturated carbocycles. The third kappa shape index (κ3) is 9.12. The molecule has 17 heavy (non-hydrogen) atoms. The number of likely N-dealkylation sites (N-methyl/N-ethyl adjacent to an activating group) is 1. The number of carbonyl (C=O) groups excluding carboxylic acids is 1. The van der Waals surface area contributed by atoms with Crippen LogP contribution in [0.1, 0.15) is 27.7 Å². The predicted octanol–water partition coefficient (Wildman–Crippen LogP) is 1.03. The van der Waals surface area contributed by atoms with Gasteiger partial charge in [-0.1, -0.05) is 27.7 Å². The molecule has 0 aliphatic carbocycles. The van der Waals surface area contributed by atoms with Crippen molar-refractivity contribution in [3.8, 4) is 0 Å². The lowest BCUT2D eigenvalue weighted by Crippen LogP contribution is -2.44. The van der Waals surface area contributed by atoms with Crippen molar-refractivity contribution in [3.05, 3.63) is 0 Å². The Morgan fingerprint density at radius 2 is 1.71 bits per heavy atom. The SMILES string of the molecule is CC(C)CN(CCN(C)C)C(=O)CNC(C)C. The number of nitrogens with zero attached hydrogens (tertiary/aromatic N) is 2. The summed E-state index contributed by atoms with van der Waals surface area (Å²) in [5, 5.41) is 3.18. The van der Waals surface area contributed by atoms with Gasteiger partial charge in [-0.25, -0.2) is 0 Å². The topological polar surface area (TPSA) is 35.6 Å². The summed E-state index contributed by atoms with van der Waals surface area (Å²) in [7, 11) is 4.06. The average Bonchev–Trinajstić information content (AvgIpc) is 2.19. The monoisotopic (exact) mass is 243 g/mol. The standard InChI is InChI=1S/C13H29N3O/c1-11(2)10-16(8-7-15(5)6)13(17)9-14-12(3)4/h11-12,14H,7-10H2,1-6H3. The fourth-order valence-corrected chi connectivity index (χ4v) is 1.48. The third-order valence-electron chi connectivity index (χ3n) is 2.42. The number of rotatable bonds is 8. The van der Waals surface area contributed by atoms with Crippen molar-refractivity contribution in [1.82, 2.24) is 15.1 Å². The fraction of sp³-hybridized carbons (Fsp3) is 0.923. The molecule has 0 aromatic heterocycles. The minimum Gasteiger partial charge on any atom is -0.340 e. The van der Waals surface area contributed by atoms with E-state index in [0.717, 1.165) is 19.6 Å². The molecule has 0 aliphatic rings. The van der Waals surface area contributed by atoms with Gasteiger partial charge in [0.25, 0.3) is 0 Å². The second kappa shape index (κ2) is 8.48. The van der Waals surface area contributed by atoms with Crippen molar-refractivity contribution in [3.63, 3.8) is 0 Å². The molecule has 1 N–H and O–H groups in total. The molecule has 0 aromatic rings. The highest BCUT2D eigenvalue weighted by molar-refractivity contribution is 5.78. The van der Waals surface area contributed by atoms with Crippen molar-refractivity contribution in [2.45, 2.75) is 33.7 Å². The number of amides is 1. The van der Waals surface area contributed by atoms with Crippen LogP contribution >= 0.6 is 0 Å². The van der Waals surface area contributed by atoms with Crippen LogP contribution in [0.2, 0.25) is 0 Å². The molecular formula is C13H29N3O. The van der Waals surface area contributed by atoms with Gasteiger partial charge in [-0.15, -0.1) is 0 Å². The highest BCUT2D eigenvalue weighted by Gasteiger charge is 2.14. The van der Waals surface area contributed by atoms with Crippen LogP contribution in [0, 0.1) is 5.92 Å². The molecule has 4 nitrogen and oxygen atoms in total. The minimum absolute atomic E-state index is 0.203. The second-order valence-electron chi connectivity index (χ2n) is 5.57. The summed E-state index contributed by atoms with van der Waals surface area (Å²) < 4.78 is 0. The summed E-state index contributed by atoms with van der Waals surface area (Å²) in [6.45, 7) is 11.4. The van der Waals surface area contributed by atoms with Gasteiger partial charge in [-0.3, -0.25) is 4.79 Å². The van der Waals surface area contributed by atoms with Gasteiger partial charge in [0.05, 0.1) is 6.54 Å².